The molecule has 0 aliphatic carbocycles. The summed E-state index contributed by atoms with van der Waals surface area (Å²) in [6, 6.07) is 5.21. The average molecular weight is 356 g/mol. The van der Waals surface area contributed by atoms with Gasteiger partial charge in [-0.05, 0) is 30.5 Å². The zero-order valence-electron chi connectivity index (χ0n) is 14.3. The zero-order chi connectivity index (χ0) is 17.7. The monoisotopic (exact) mass is 356 g/mol. The first kappa shape index (κ1) is 18.5. The number of methoxy groups -OCH3 is 2. The van der Waals surface area contributed by atoms with Crippen molar-refractivity contribution in [3.8, 4) is 5.75 Å². The van der Waals surface area contributed by atoms with Gasteiger partial charge in [0.2, 0.25) is 10.0 Å². The number of hydrogen-bond donors (Lipinski definition) is 0. The molecule has 1 aliphatic heterocycles. The fraction of sp³-hybridized carbons (Fsp3) is 0.562. The van der Waals surface area contributed by atoms with Gasteiger partial charge in [0.05, 0.1) is 14.2 Å². The number of aryl methyl sites for hydroxylation is 1. The lowest BCUT2D eigenvalue weighted by molar-refractivity contribution is 0.126. The van der Waals surface area contributed by atoms with E-state index in [9.17, 15) is 13.2 Å². The number of hydrogen-bond acceptors (Lipinski definition) is 5. The van der Waals surface area contributed by atoms with Crippen LogP contribution in [0.2, 0.25) is 0 Å². The maximum Gasteiger partial charge on any atom is 0.409 e. The Kier molecular flexibility index (Phi) is 6.06. The maximum absolute atomic E-state index is 13.0. The van der Waals surface area contributed by atoms with E-state index in [2.05, 4.69) is 0 Å². The first-order valence-corrected chi connectivity index (χ1v) is 9.38. The van der Waals surface area contributed by atoms with Crippen molar-refractivity contribution in [3.63, 3.8) is 0 Å². The van der Waals surface area contributed by atoms with E-state index in [4.69, 9.17) is 9.47 Å². The first-order chi connectivity index (χ1) is 11.4. The molecule has 1 aromatic rings. The number of rotatable bonds is 4. The highest BCUT2D eigenvalue weighted by Gasteiger charge is 2.30. The lowest BCUT2D eigenvalue weighted by atomic mass is 10.2. The predicted molar refractivity (Wildman–Crippen MR) is 89.7 cm³/mol. The van der Waals surface area contributed by atoms with Crippen molar-refractivity contribution >= 4 is 16.1 Å². The Hall–Kier alpha value is -1.80. The third kappa shape index (κ3) is 3.81. The number of benzene rings is 1. The zero-order valence-corrected chi connectivity index (χ0v) is 15.1. The molecule has 1 amide bonds. The summed E-state index contributed by atoms with van der Waals surface area (Å²) in [4.78, 5) is 13.3. The summed E-state index contributed by atoms with van der Waals surface area (Å²) in [5.74, 6) is 0.335. The molecule has 0 atom stereocenters. The molecule has 0 spiro atoms. The Morgan fingerprint density at radius 3 is 2.54 bits per heavy atom. The van der Waals surface area contributed by atoms with Gasteiger partial charge in [-0.2, -0.15) is 4.31 Å². The second-order valence-corrected chi connectivity index (χ2v) is 7.46. The van der Waals surface area contributed by atoms with Crippen LogP contribution in [0.25, 0.3) is 0 Å². The Morgan fingerprint density at radius 2 is 1.92 bits per heavy atom. The average Bonchev–Trinajstić information content (AvgIpc) is 2.87. The van der Waals surface area contributed by atoms with Gasteiger partial charge in [0, 0.05) is 26.2 Å². The molecule has 2 rings (SSSR count). The summed E-state index contributed by atoms with van der Waals surface area (Å²) in [6.45, 7) is 3.34. The second-order valence-electron chi connectivity index (χ2n) is 5.55. The van der Waals surface area contributed by atoms with Gasteiger partial charge in [-0.3, -0.25) is 0 Å². The number of carbonyl (C=O) groups is 1. The Balaban J connectivity index is 2.29. The van der Waals surface area contributed by atoms with Crippen LogP contribution in [-0.4, -0.2) is 64.1 Å². The highest BCUT2D eigenvalue weighted by atomic mass is 32.2. The van der Waals surface area contributed by atoms with Gasteiger partial charge in [0.15, 0.2) is 0 Å². The molecule has 1 heterocycles. The van der Waals surface area contributed by atoms with E-state index >= 15 is 0 Å². The lowest BCUT2D eigenvalue weighted by Gasteiger charge is -2.22. The van der Waals surface area contributed by atoms with Crippen LogP contribution in [0.1, 0.15) is 18.9 Å². The molecule has 1 fully saturated rings. The number of ether oxygens (including phenoxy) is 2. The SMILES string of the molecule is CCc1ccc(OC)c(S(=O)(=O)N2CCCN(C(=O)OC)CC2)c1. The van der Waals surface area contributed by atoms with Crippen molar-refractivity contribution in [2.45, 2.75) is 24.7 Å². The number of amides is 1. The number of sulfonamides is 1. The highest BCUT2D eigenvalue weighted by molar-refractivity contribution is 7.89. The summed E-state index contributed by atoms with van der Waals surface area (Å²) in [7, 11) is -0.905. The molecule has 0 bridgehead atoms. The summed E-state index contributed by atoms with van der Waals surface area (Å²) < 4.78 is 37.5. The van der Waals surface area contributed by atoms with Crippen LogP contribution in [0.3, 0.4) is 0 Å². The molecule has 0 aromatic heterocycles. The van der Waals surface area contributed by atoms with Crippen molar-refractivity contribution < 1.29 is 22.7 Å². The standard InChI is InChI=1S/C16H24N2O5S/c1-4-13-6-7-14(22-2)15(12-13)24(20,21)18-9-5-8-17(10-11-18)16(19)23-3/h6-7,12H,4-5,8-11H2,1-3H3. The van der Waals surface area contributed by atoms with Gasteiger partial charge in [0.1, 0.15) is 10.6 Å². The van der Waals surface area contributed by atoms with Crippen LogP contribution in [0.15, 0.2) is 23.1 Å². The van der Waals surface area contributed by atoms with Gasteiger partial charge < -0.3 is 14.4 Å². The molecule has 0 N–H and O–H groups in total. The molecule has 1 aromatic carbocycles. The van der Waals surface area contributed by atoms with E-state index in [1.807, 2.05) is 13.0 Å². The van der Waals surface area contributed by atoms with Crippen LogP contribution in [-0.2, 0) is 21.2 Å². The highest BCUT2D eigenvalue weighted by Crippen LogP contribution is 2.28. The van der Waals surface area contributed by atoms with Gasteiger partial charge in [-0.1, -0.05) is 13.0 Å². The summed E-state index contributed by atoms with van der Waals surface area (Å²) in [6.07, 6.45) is 0.868. The molecule has 24 heavy (non-hydrogen) atoms. The smallest absolute Gasteiger partial charge is 0.409 e. The molecule has 7 nitrogen and oxygen atoms in total. The molecule has 134 valence electrons. The molecule has 0 unspecified atom stereocenters. The predicted octanol–water partition coefficient (Wildman–Crippen LogP) is 1.72. The quantitative estimate of drug-likeness (QED) is 0.821. The molecular formula is C16H24N2O5S. The van der Waals surface area contributed by atoms with E-state index in [1.54, 1.807) is 12.1 Å². The minimum atomic E-state index is -3.69. The van der Waals surface area contributed by atoms with Crippen molar-refractivity contribution in [3.05, 3.63) is 23.8 Å². The van der Waals surface area contributed by atoms with Crippen molar-refractivity contribution in [2.75, 3.05) is 40.4 Å². The normalized spacial score (nSPS) is 16.5. The van der Waals surface area contributed by atoms with Crippen molar-refractivity contribution in [2.24, 2.45) is 0 Å². The fourth-order valence-corrected chi connectivity index (χ4v) is 4.40. The largest absolute Gasteiger partial charge is 0.495 e. The van der Waals surface area contributed by atoms with E-state index in [-0.39, 0.29) is 11.4 Å². The Labute approximate surface area is 143 Å². The first-order valence-electron chi connectivity index (χ1n) is 7.94. The van der Waals surface area contributed by atoms with Crippen LogP contribution in [0, 0.1) is 0 Å². The molecular weight excluding hydrogens is 332 g/mol. The van der Waals surface area contributed by atoms with Gasteiger partial charge in [-0.25, -0.2) is 13.2 Å². The summed E-state index contributed by atoms with van der Waals surface area (Å²) >= 11 is 0. The minimum Gasteiger partial charge on any atom is -0.495 e. The van der Waals surface area contributed by atoms with E-state index in [0.717, 1.165) is 12.0 Å². The molecule has 0 saturated carbocycles. The Morgan fingerprint density at radius 1 is 1.17 bits per heavy atom. The van der Waals surface area contributed by atoms with Crippen LogP contribution < -0.4 is 4.74 Å². The molecule has 1 aliphatic rings. The van der Waals surface area contributed by atoms with Crippen molar-refractivity contribution in [1.82, 2.24) is 9.21 Å². The maximum atomic E-state index is 13.0. The van der Waals surface area contributed by atoms with Gasteiger partial charge in [-0.15, -0.1) is 0 Å². The minimum absolute atomic E-state index is 0.177. The van der Waals surface area contributed by atoms with Crippen LogP contribution in [0.4, 0.5) is 4.79 Å². The molecule has 8 heteroatoms. The third-order valence-corrected chi connectivity index (χ3v) is 6.06. The van der Waals surface area contributed by atoms with E-state index < -0.39 is 16.1 Å². The van der Waals surface area contributed by atoms with E-state index in [1.165, 1.54) is 23.4 Å². The summed E-state index contributed by atoms with van der Waals surface area (Å²) in [5, 5.41) is 0. The van der Waals surface area contributed by atoms with E-state index in [0.29, 0.717) is 31.8 Å². The third-order valence-electron chi connectivity index (χ3n) is 4.14. The van der Waals surface area contributed by atoms with Crippen LogP contribution in [0.5, 0.6) is 5.75 Å². The van der Waals surface area contributed by atoms with Gasteiger partial charge >= 0.3 is 6.09 Å². The van der Waals surface area contributed by atoms with Crippen LogP contribution >= 0.6 is 0 Å². The van der Waals surface area contributed by atoms with Gasteiger partial charge in [0.25, 0.3) is 0 Å². The molecule has 1 saturated heterocycles. The number of nitrogens with zero attached hydrogens (tertiary/aromatic N) is 2. The summed E-state index contributed by atoms with van der Waals surface area (Å²) in [5.41, 5.74) is 0.931. The topological polar surface area (TPSA) is 76.2 Å². The lowest BCUT2D eigenvalue weighted by Crippen LogP contribution is -2.37. The number of carbonyl (C=O) groups excluding carboxylic acids is 1. The molecule has 0 radical (unpaired) electrons. The Bertz CT molecular complexity index is 690. The van der Waals surface area contributed by atoms with Crippen molar-refractivity contribution in [1.29, 1.82) is 0 Å². The fourth-order valence-electron chi connectivity index (χ4n) is 2.73. The second kappa shape index (κ2) is 7.85.